The normalized spacial score (nSPS) is 15.8. The van der Waals surface area contributed by atoms with Crippen LogP contribution in [0.3, 0.4) is 0 Å². The average molecular weight is 458 g/mol. The van der Waals surface area contributed by atoms with Crippen molar-refractivity contribution in [3.8, 4) is 11.5 Å². The lowest BCUT2D eigenvalue weighted by Crippen LogP contribution is -2.50. The highest BCUT2D eigenvalue weighted by molar-refractivity contribution is 6.16. The molecule has 1 atom stereocenters. The largest absolute Gasteiger partial charge is 0.457 e. The molecule has 1 unspecified atom stereocenters. The lowest BCUT2D eigenvalue weighted by Gasteiger charge is -2.33. The van der Waals surface area contributed by atoms with Crippen LogP contribution in [0.25, 0.3) is 0 Å². The molecule has 2 heterocycles. The maximum absolute atomic E-state index is 11.7. The van der Waals surface area contributed by atoms with Crippen LogP contribution in [-0.2, 0) is 4.79 Å². The Hall–Kier alpha value is -4.24. The molecule has 5 N–H and O–H groups in total. The zero-order chi connectivity index (χ0) is 23.9. The second-order valence-corrected chi connectivity index (χ2v) is 7.91. The van der Waals surface area contributed by atoms with Gasteiger partial charge in [-0.3, -0.25) is 15.6 Å². The van der Waals surface area contributed by atoms with Crippen molar-refractivity contribution in [2.45, 2.75) is 18.9 Å². The van der Waals surface area contributed by atoms with Crippen molar-refractivity contribution in [1.29, 1.82) is 5.41 Å². The molecule has 9 nitrogen and oxygen atoms in total. The van der Waals surface area contributed by atoms with Gasteiger partial charge in [-0.2, -0.15) is 0 Å². The molecule has 3 aromatic rings. The number of carbonyl (C=O) groups is 1. The number of nitrogens with one attached hydrogen (secondary N) is 3. The van der Waals surface area contributed by atoms with E-state index in [9.17, 15) is 4.79 Å². The summed E-state index contributed by atoms with van der Waals surface area (Å²) in [5, 5.41) is 14.0. The molecule has 34 heavy (non-hydrogen) atoms. The van der Waals surface area contributed by atoms with Crippen LogP contribution in [0.1, 0.15) is 24.0 Å². The van der Waals surface area contributed by atoms with Gasteiger partial charge in [-0.25, -0.2) is 15.0 Å². The lowest BCUT2D eigenvalue weighted by molar-refractivity contribution is -0.121. The van der Waals surface area contributed by atoms with Crippen LogP contribution in [0.5, 0.6) is 11.5 Å². The zero-order valence-corrected chi connectivity index (χ0v) is 18.7. The zero-order valence-electron chi connectivity index (χ0n) is 18.7. The van der Waals surface area contributed by atoms with Gasteiger partial charge in [0.1, 0.15) is 29.5 Å². The fourth-order valence-corrected chi connectivity index (χ4v) is 3.81. The Morgan fingerprint density at radius 3 is 2.62 bits per heavy atom. The van der Waals surface area contributed by atoms with Crippen molar-refractivity contribution in [3.63, 3.8) is 0 Å². The van der Waals surface area contributed by atoms with Crippen LogP contribution in [-0.4, -0.2) is 45.7 Å². The van der Waals surface area contributed by atoms with Crippen LogP contribution in [0.15, 0.2) is 73.6 Å². The number of nitrogen functional groups attached to an aromatic ring is 1. The highest BCUT2D eigenvalue weighted by Gasteiger charge is 2.24. The molecule has 0 radical (unpaired) electrons. The van der Waals surface area contributed by atoms with E-state index < -0.39 is 0 Å². The van der Waals surface area contributed by atoms with E-state index in [1.807, 2.05) is 59.6 Å². The summed E-state index contributed by atoms with van der Waals surface area (Å²) >= 11 is 0. The first-order valence-electron chi connectivity index (χ1n) is 11.0. The molecule has 1 saturated heterocycles. The summed E-state index contributed by atoms with van der Waals surface area (Å²) in [6, 6.07) is 16.8. The Kier molecular flexibility index (Phi) is 7.14. The number of hydrogen-bond acceptors (Lipinski definition) is 8. The van der Waals surface area contributed by atoms with Crippen molar-refractivity contribution < 1.29 is 9.53 Å². The first-order chi connectivity index (χ1) is 16.5. The van der Waals surface area contributed by atoms with Crippen LogP contribution < -0.4 is 21.2 Å². The minimum atomic E-state index is -0.242. The number of amides is 1. The van der Waals surface area contributed by atoms with E-state index in [4.69, 9.17) is 15.9 Å². The molecule has 1 aliphatic rings. The number of rotatable bonds is 8. The van der Waals surface area contributed by atoms with Gasteiger partial charge in [0.15, 0.2) is 0 Å². The molecule has 1 fully saturated rings. The second kappa shape index (κ2) is 10.6. The number of nitrogens with zero attached hydrogens (tertiary/aromatic N) is 3. The topological polar surface area (TPSA) is 129 Å². The average Bonchev–Trinajstić information content (AvgIpc) is 2.85. The third kappa shape index (κ3) is 5.57. The molecule has 2 aromatic carbocycles. The van der Waals surface area contributed by atoms with Gasteiger partial charge in [0.05, 0.1) is 11.3 Å². The van der Waals surface area contributed by atoms with Gasteiger partial charge in [-0.15, -0.1) is 0 Å². The highest BCUT2D eigenvalue weighted by Crippen LogP contribution is 2.26. The third-order valence-corrected chi connectivity index (χ3v) is 5.46. The number of piperidine rings is 1. The van der Waals surface area contributed by atoms with Crippen LogP contribution >= 0.6 is 0 Å². The lowest BCUT2D eigenvalue weighted by atomic mass is 10.0. The molecular formula is C25H27N7O2. The minimum Gasteiger partial charge on any atom is -0.457 e. The van der Waals surface area contributed by atoms with Crippen molar-refractivity contribution in [2.75, 3.05) is 24.1 Å². The number of para-hydroxylation sites is 1. The predicted molar refractivity (Wildman–Crippen MR) is 132 cm³/mol. The summed E-state index contributed by atoms with van der Waals surface area (Å²) in [5.41, 5.74) is 10.3. The smallest absolute Gasteiger partial charge is 0.257 e. The van der Waals surface area contributed by atoms with E-state index in [0.717, 1.165) is 25.1 Å². The molecule has 174 valence electrons. The van der Waals surface area contributed by atoms with Crippen molar-refractivity contribution in [3.05, 3.63) is 84.7 Å². The SMILES string of the molecule is C=CC(=O)NN1CCCC(Nc2ncnc(N)c2C(=N)c2ccc(Oc3ccccc3)cc2)C1. The van der Waals surface area contributed by atoms with Gasteiger partial charge < -0.3 is 15.8 Å². The third-order valence-electron chi connectivity index (χ3n) is 5.46. The number of nitrogens with two attached hydrogens (primary N) is 1. The summed E-state index contributed by atoms with van der Waals surface area (Å²) in [6.45, 7) is 4.83. The molecule has 0 aliphatic carbocycles. The molecule has 9 heteroatoms. The second-order valence-electron chi connectivity index (χ2n) is 7.91. The summed E-state index contributed by atoms with van der Waals surface area (Å²) in [7, 11) is 0. The number of aromatic nitrogens is 2. The van der Waals surface area contributed by atoms with E-state index >= 15 is 0 Å². The Morgan fingerprint density at radius 1 is 1.15 bits per heavy atom. The van der Waals surface area contributed by atoms with Crippen molar-refractivity contribution >= 4 is 23.3 Å². The highest BCUT2D eigenvalue weighted by atomic mass is 16.5. The van der Waals surface area contributed by atoms with Gasteiger partial charge in [0.25, 0.3) is 5.91 Å². The molecule has 4 rings (SSSR count). The molecule has 0 bridgehead atoms. The van der Waals surface area contributed by atoms with Crippen LogP contribution in [0.2, 0.25) is 0 Å². The molecule has 1 aliphatic heterocycles. The Bertz CT molecular complexity index is 1170. The number of carbonyl (C=O) groups excluding carboxylic acids is 1. The summed E-state index contributed by atoms with van der Waals surface area (Å²) < 4.78 is 5.84. The number of hydrazine groups is 1. The Morgan fingerprint density at radius 2 is 1.88 bits per heavy atom. The van der Waals surface area contributed by atoms with E-state index in [-0.39, 0.29) is 23.5 Å². The van der Waals surface area contributed by atoms with Gasteiger partial charge >= 0.3 is 0 Å². The van der Waals surface area contributed by atoms with Crippen LogP contribution in [0.4, 0.5) is 11.6 Å². The maximum atomic E-state index is 11.7. The number of anilines is 2. The number of hydrogen-bond donors (Lipinski definition) is 4. The standard InChI is InChI=1S/C25H27N7O2/c1-2-21(33)31-32-14-6-7-18(15-32)30-25-22(24(27)28-16-29-25)23(26)17-10-12-20(13-11-17)34-19-8-4-3-5-9-19/h2-5,8-13,16,18,26H,1,6-7,14-15H2,(H,31,33)(H3,27,28,29,30). The fourth-order valence-electron chi connectivity index (χ4n) is 3.81. The quantitative estimate of drug-likeness (QED) is 0.301. The predicted octanol–water partition coefficient (Wildman–Crippen LogP) is 3.36. The fraction of sp³-hybridized carbons (Fsp3) is 0.200. The van der Waals surface area contributed by atoms with Gasteiger partial charge in [-0.1, -0.05) is 24.8 Å². The van der Waals surface area contributed by atoms with Gasteiger partial charge in [-0.05, 0) is 55.3 Å². The van der Waals surface area contributed by atoms with E-state index in [0.29, 0.717) is 29.2 Å². The first kappa shape index (κ1) is 22.9. The first-order valence-corrected chi connectivity index (χ1v) is 11.0. The molecule has 1 amide bonds. The monoisotopic (exact) mass is 457 g/mol. The van der Waals surface area contributed by atoms with Crippen LogP contribution in [0, 0.1) is 5.41 Å². The minimum absolute atomic E-state index is 0.0152. The molecular weight excluding hydrogens is 430 g/mol. The van der Waals surface area contributed by atoms with Gasteiger partial charge in [0, 0.05) is 24.7 Å². The van der Waals surface area contributed by atoms with Crippen molar-refractivity contribution in [1.82, 2.24) is 20.4 Å². The summed E-state index contributed by atoms with van der Waals surface area (Å²) in [6.07, 6.45) is 4.41. The van der Waals surface area contributed by atoms with E-state index in [2.05, 4.69) is 27.3 Å². The van der Waals surface area contributed by atoms with E-state index in [1.54, 1.807) is 0 Å². The Labute approximate surface area is 198 Å². The number of ether oxygens (including phenoxy) is 1. The summed E-state index contributed by atoms with van der Waals surface area (Å²) in [4.78, 5) is 20.1. The molecule has 0 spiro atoms. The molecule has 0 saturated carbocycles. The maximum Gasteiger partial charge on any atom is 0.257 e. The number of benzene rings is 2. The van der Waals surface area contributed by atoms with Gasteiger partial charge in [0.2, 0.25) is 0 Å². The summed E-state index contributed by atoms with van der Waals surface area (Å²) in [5.74, 6) is 1.88. The Balaban J connectivity index is 1.49. The van der Waals surface area contributed by atoms with Crippen molar-refractivity contribution in [2.24, 2.45) is 0 Å². The van der Waals surface area contributed by atoms with E-state index in [1.165, 1.54) is 12.4 Å². The molecule has 1 aromatic heterocycles.